The van der Waals surface area contributed by atoms with Gasteiger partial charge in [-0.25, -0.2) is 0 Å². The van der Waals surface area contributed by atoms with Gasteiger partial charge in [0.25, 0.3) is 0 Å². The fourth-order valence-corrected chi connectivity index (χ4v) is 7.11. The lowest BCUT2D eigenvalue weighted by atomic mass is 9.82. The molecule has 212 valence electrons. The van der Waals surface area contributed by atoms with Crippen molar-refractivity contribution in [3.63, 3.8) is 0 Å². The number of anilines is 1. The zero-order valence-electron chi connectivity index (χ0n) is 24.9. The summed E-state index contributed by atoms with van der Waals surface area (Å²) in [5.74, 6) is -0.323. The molecule has 1 amide bonds. The SMILES string of the molecule is Cc1ccc(-c2c([C@H]3C(=O)N(Cc4ccccc4)c4ccccc43)cc(-c3ccccc3)c3c4ccccc4n(C)c23)cc1. The first-order chi connectivity index (χ1) is 21.6. The average Bonchev–Trinajstić information content (AvgIpc) is 3.52. The number of hydrogen-bond acceptors (Lipinski definition) is 1. The summed E-state index contributed by atoms with van der Waals surface area (Å²) in [6, 6.07) is 48.9. The number of amides is 1. The molecule has 3 nitrogen and oxygen atoms in total. The molecule has 0 radical (unpaired) electrons. The van der Waals surface area contributed by atoms with E-state index in [0.717, 1.165) is 50.1 Å². The Morgan fingerprint density at radius 1 is 0.659 bits per heavy atom. The number of aromatic nitrogens is 1. The van der Waals surface area contributed by atoms with Crippen molar-refractivity contribution in [1.29, 1.82) is 0 Å². The molecule has 0 unspecified atom stereocenters. The van der Waals surface area contributed by atoms with Gasteiger partial charge < -0.3 is 9.47 Å². The molecule has 1 atom stereocenters. The Bertz CT molecular complexity index is 2180. The van der Waals surface area contributed by atoms with E-state index in [0.29, 0.717) is 6.54 Å². The smallest absolute Gasteiger partial charge is 0.239 e. The number of fused-ring (bicyclic) bond motifs is 4. The minimum absolute atomic E-state index is 0.112. The van der Waals surface area contributed by atoms with Crippen LogP contribution in [-0.2, 0) is 18.4 Å². The van der Waals surface area contributed by atoms with Gasteiger partial charge in [0, 0.05) is 34.6 Å². The van der Waals surface area contributed by atoms with Gasteiger partial charge in [-0.05, 0) is 58.5 Å². The molecule has 1 aromatic heterocycles. The Kier molecular flexibility index (Phi) is 6.20. The molecule has 44 heavy (non-hydrogen) atoms. The summed E-state index contributed by atoms with van der Waals surface area (Å²) < 4.78 is 2.32. The second-order valence-corrected chi connectivity index (χ2v) is 11.8. The summed E-state index contributed by atoms with van der Waals surface area (Å²) in [5.41, 5.74) is 12.3. The van der Waals surface area contributed by atoms with Crippen LogP contribution in [0.5, 0.6) is 0 Å². The average molecular weight is 569 g/mol. The number of benzene rings is 6. The maximum absolute atomic E-state index is 14.8. The Hall–Kier alpha value is -5.41. The zero-order chi connectivity index (χ0) is 29.8. The second kappa shape index (κ2) is 10.4. The predicted octanol–water partition coefficient (Wildman–Crippen LogP) is 9.65. The third-order valence-electron chi connectivity index (χ3n) is 9.17. The highest BCUT2D eigenvalue weighted by atomic mass is 16.2. The topological polar surface area (TPSA) is 25.2 Å². The van der Waals surface area contributed by atoms with E-state index in [1.807, 2.05) is 29.2 Å². The molecule has 0 N–H and O–H groups in total. The monoisotopic (exact) mass is 568 g/mol. The summed E-state index contributed by atoms with van der Waals surface area (Å²) >= 11 is 0. The van der Waals surface area contributed by atoms with Crippen LogP contribution in [0, 0.1) is 6.92 Å². The normalized spacial score (nSPS) is 14.5. The van der Waals surface area contributed by atoms with Crippen LogP contribution in [0.1, 0.15) is 28.2 Å². The molecule has 2 heterocycles. The Labute approximate surface area is 257 Å². The minimum atomic E-state index is -0.434. The third kappa shape index (κ3) is 4.08. The van der Waals surface area contributed by atoms with Gasteiger partial charge >= 0.3 is 0 Å². The molecular formula is C41H32N2O. The molecule has 0 saturated heterocycles. The molecule has 0 aliphatic carbocycles. The van der Waals surface area contributed by atoms with Gasteiger partial charge in [-0.1, -0.05) is 127 Å². The Morgan fingerprint density at radius 2 is 1.32 bits per heavy atom. The molecule has 0 fully saturated rings. The van der Waals surface area contributed by atoms with Crippen LogP contribution >= 0.6 is 0 Å². The summed E-state index contributed by atoms with van der Waals surface area (Å²) in [4.78, 5) is 16.7. The number of aryl methyl sites for hydroxylation is 2. The maximum atomic E-state index is 14.8. The van der Waals surface area contributed by atoms with Crippen LogP contribution in [0.2, 0.25) is 0 Å². The van der Waals surface area contributed by atoms with Gasteiger partial charge in [0.15, 0.2) is 0 Å². The van der Waals surface area contributed by atoms with Crippen molar-refractivity contribution in [1.82, 2.24) is 4.57 Å². The van der Waals surface area contributed by atoms with Crippen LogP contribution in [0.25, 0.3) is 44.1 Å². The molecule has 0 saturated carbocycles. The number of carbonyl (C=O) groups is 1. The van der Waals surface area contributed by atoms with Crippen LogP contribution in [-0.4, -0.2) is 10.5 Å². The standard InChI is InChI=1S/C41H32N2O/c1-27-21-23-30(24-22-27)37-34(39-32-18-10-12-20-36(32)43(41(39)44)26-28-13-5-3-6-14-28)25-33(29-15-7-4-8-16-29)38-31-17-9-11-19-35(31)42(2)40(37)38/h3-25,39H,26H2,1-2H3/t39-/m0/s1. The van der Waals surface area contributed by atoms with Crippen molar-refractivity contribution in [3.05, 3.63) is 162 Å². The molecular weight excluding hydrogens is 536 g/mol. The first kappa shape index (κ1) is 26.2. The summed E-state index contributed by atoms with van der Waals surface area (Å²) in [7, 11) is 2.16. The van der Waals surface area contributed by atoms with Gasteiger partial charge in [-0.2, -0.15) is 0 Å². The van der Waals surface area contributed by atoms with Gasteiger partial charge in [0.2, 0.25) is 5.91 Å². The van der Waals surface area contributed by atoms with Crippen LogP contribution in [0.15, 0.2) is 140 Å². The molecule has 0 spiro atoms. The van der Waals surface area contributed by atoms with E-state index in [2.05, 4.69) is 134 Å². The minimum Gasteiger partial charge on any atom is -0.343 e. The number of rotatable bonds is 5. The first-order valence-corrected chi connectivity index (χ1v) is 15.2. The van der Waals surface area contributed by atoms with E-state index in [1.54, 1.807) is 0 Å². The largest absolute Gasteiger partial charge is 0.343 e. The fourth-order valence-electron chi connectivity index (χ4n) is 7.11. The van der Waals surface area contributed by atoms with Crippen molar-refractivity contribution in [2.45, 2.75) is 19.4 Å². The molecule has 7 aromatic rings. The molecule has 6 aromatic carbocycles. The lowest BCUT2D eigenvalue weighted by molar-refractivity contribution is -0.118. The number of para-hydroxylation sites is 2. The second-order valence-electron chi connectivity index (χ2n) is 11.8. The van der Waals surface area contributed by atoms with Crippen LogP contribution in [0.3, 0.4) is 0 Å². The van der Waals surface area contributed by atoms with Gasteiger partial charge in [0.1, 0.15) is 0 Å². The number of hydrogen-bond donors (Lipinski definition) is 0. The van der Waals surface area contributed by atoms with E-state index < -0.39 is 5.92 Å². The van der Waals surface area contributed by atoms with Gasteiger partial charge in [0.05, 0.1) is 18.0 Å². The van der Waals surface area contributed by atoms with E-state index in [4.69, 9.17) is 0 Å². The van der Waals surface area contributed by atoms with Crippen molar-refractivity contribution >= 4 is 33.4 Å². The summed E-state index contributed by atoms with van der Waals surface area (Å²) in [6.45, 7) is 2.66. The van der Waals surface area contributed by atoms with Crippen LogP contribution < -0.4 is 4.90 Å². The van der Waals surface area contributed by atoms with E-state index >= 15 is 0 Å². The highest BCUT2D eigenvalue weighted by Crippen LogP contribution is 2.50. The summed E-state index contributed by atoms with van der Waals surface area (Å²) in [5, 5.41) is 2.43. The molecule has 0 bridgehead atoms. The Balaban J connectivity index is 1.47. The highest BCUT2D eigenvalue weighted by molar-refractivity contribution is 6.20. The molecule has 8 rings (SSSR count). The summed E-state index contributed by atoms with van der Waals surface area (Å²) in [6.07, 6.45) is 0. The fraction of sp³-hybridized carbons (Fsp3) is 0.0976. The number of nitrogens with zero attached hydrogens (tertiary/aromatic N) is 2. The Morgan fingerprint density at radius 3 is 2.09 bits per heavy atom. The van der Waals surface area contributed by atoms with Crippen molar-refractivity contribution in [2.24, 2.45) is 7.05 Å². The van der Waals surface area contributed by atoms with Gasteiger partial charge in [-0.3, -0.25) is 4.79 Å². The van der Waals surface area contributed by atoms with Crippen molar-refractivity contribution in [3.8, 4) is 22.3 Å². The van der Waals surface area contributed by atoms with E-state index in [-0.39, 0.29) is 5.91 Å². The van der Waals surface area contributed by atoms with Crippen molar-refractivity contribution < 1.29 is 4.79 Å². The first-order valence-electron chi connectivity index (χ1n) is 15.2. The zero-order valence-corrected chi connectivity index (χ0v) is 24.9. The highest BCUT2D eigenvalue weighted by Gasteiger charge is 2.40. The lowest BCUT2D eigenvalue weighted by Crippen LogP contribution is -2.28. The van der Waals surface area contributed by atoms with Gasteiger partial charge in [-0.15, -0.1) is 0 Å². The third-order valence-corrected chi connectivity index (χ3v) is 9.17. The van der Waals surface area contributed by atoms with Crippen LogP contribution in [0.4, 0.5) is 5.69 Å². The van der Waals surface area contributed by atoms with E-state index in [1.165, 1.54) is 21.9 Å². The van der Waals surface area contributed by atoms with Crippen molar-refractivity contribution in [2.75, 3.05) is 4.90 Å². The number of carbonyl (C=O) groups excluding carboxylic acids is 1. The molecule has 1 aliphatic heterocycles. The quantitative estimate of drug-likeness (QED) is 0.203. The molecule has 3 heteroatoms. The molecule has 1 aliphatic rings. The van der Waals surface area contributed by atoms with E-state index in [9.17, 15) is 4.79 Å². The maximum Gasteiger partial charge on any atom is 0.239 e. The predicted molar refractivity (Wildman–Crippen MR) is 182 cm³/mol. The lowest BCUT2D eigenvalue weighted by Gasteiger charge is -2.22.